The predicted octanol–water partition coefficient (Wildman–Crippen LogP) is 2.42. The molecule has 0 aliphatic carbocycles. The van der Waals surface area contributed by atoms with Crippen LogP contribution in [0.5, 0.6) is 5.75 Å². The van der Waals surface area contributed by atoms with Crippen LogP contribution >= 0.6 is 0 Å². The largest absolute Gasteiger partial charge is 0.481 e. The van der Waals surface area contributed by atoms with E-state index >= 15 is 0 Å². The minimum atomic E-state index is -0.456. The van der Waals surface area contributed by atoms with Crippen LogP contribution in [-0.2, 0) is 9.59 Å². The molecule has 108 valence electrons. The highest BCUT2D eigenvalue weighted by Gasteiger charge is 2.25. The summed E-state index contributed by atoms with van der Waals surface area (Å²) in [6.07, 6.45) is 0. The zero-order valence-corrected chi connectivity index (χ0v) is 12.3. The van der Waals surface area contributed by atoms with Gasteiger partial charge in [0.2, 0.25) is 5.91 Å². The SMILES string of the molecule is CCN1C(=O)COc2cc(NC(=O)C(C)(C)C)ccc21. The van der Waals surface area contributed by atoms with Gasteiger partial charge in [-0.05, 0) is 19.1 Å². The minimum Gasteiger partial charge on any atom is -0.481 e. The molecule has 0 atom stereocenters. The quantitative estimate of drug-likeness (QED) is 0.902. The average molecular weight is 276 g/mol. The van der Waals surface area contributed by atoms with Gasteiger partial charge in [-0.3, -0.25) is 9.59 Å². The molecule has 0 spiro atoms. The lowest BCUT2D eigenvalue weighted by Crippen LogP contribution is -2.38. The Bertz CT molecular complexity index is 547. The van der Waals surface area contributed by atoms with Crippen molar-refractivity contribution in [2.75, 3.05) is 23.4 Å². The van der Waals surface area contributed by atoms with Gasteiger partial charge in [0.15, 0.2) is 6.61 Å². The molecule has 2 rings (SSSR count). The molecule has 20 heavy (non-hydrogen) atoms. The van der Waals surface area contributed by atoms with Crippen LogP contribution in [0.25, 0.3) is 0 Å². The number of amides is 2. The van der Waals surface area contributed by atoms with Gasteiger partial charge < -0.3 is 15.0 Å². The zero-order chi connectivity index (χ0) is 14.9. The monoisotopic (exact) mass is 276 g/mol. The maximum absolute atomic E-state index is 12.0. The van der Waals surface area contributed by atoms with Crippen LogP contribution in [0, 0.1) is 5.41 Å². The van der Waals surface area contributed by atoms with Crippen molar-refractivity contribution in [1.29, 1.82) is 0 Å². The third-order valence-electron chi connectivity index (χ3n) is 3.16. The van der Waals surface area contributed by atoms with E-state index in [1.165, 1.54) is 0 Å². The van der Waals surface area contributed by atoms with Crippen LogP contribution in [0.1, 0.15) is 27.7 Å². The molecule has 2 amide bonds. The number of carbonyl (C=O) groups is 2. The molecular weight excluding hydrogens is 256 g/mol. The standard InChI is InChI=1S/C15H20N2O3/c1-5-17-11-7-6-10(16-14(19)15(2,3)4)8-12(11)20-9-13(17)18/h6-8H,5,9H2,1-4H3,(H,16,19). The third-order valence-corrected chi connectivity index (χ3v) is 3.16. The molecular formula is C15H20N2O3. The average Bonchev–Trinajstić information content (AvgIpc) is 2.37. The van der Waals surface area contributed by atoms with E-state index in [0.717, 1.165) is 5.69 Å². The Labute approximate surface area is 118 Å². The number of nitrogens with zero attached hydrogens (tertiary/aromatic N) is 1. The van der Waals surface area contributed by atoms with Crippen molar-refractivity contribution in [3.05, 3.63) is 18.2 Å². The smallest absolute Gasteiger partial charge is 0.265 e. The minimum absolute atomic E-state index is 0.0392. The van der Waals surface area contributed by atoms with Gasteiger partial charge in [-0.1, -0.05) is 20.8 Å². The second-order valence-electron chi connectivity index (χ2n) is 5.81. The Morgan fingerprint density at radius 2 is 2.10 bits per heavy atom. The summed E-state index contributed by atoms with van der Waals surface area (Å²) < 4.78 is 5.43. The first-order valence-electron chi connectivity index (χ1n) is 6.71. The lowest BCUT2D eigenvalue weighted by Gasteiger charge is -2.29. The molecule has 0 radical (unpaired) electrons. The van der Waals surface area contributed by atoms with Gasteiger partial charge >= 0.3 is 0 Å². The van der Waals surface area contributed by atoms with Gasteiger partial charge in [-0.2, -0.15) is 0 Å². The van der Waals surface area contributed by atoms with Gasteiger partial charge in [-0.15, -0.1) is 0 Å². The highest BCUT2D eigenvalue weighted by Crippen LogP contribution is 2.34. The summed E-state index contributed by atoms with van der Waals surface area (Å²) in [7, 11) is 0. The van der Waals surface area contributed by atoms with E-state index in [9.17, 15) is 9.59 Å². The number of fused-ring (bicyclic) bond motifs is 1. The fourth-order valence-corrected chi connectivity index (χ4v) is 1.95. The second kappa shape index (κ2) is 5.15. The molecule has 5 nitrogen and oxygen atoms in total. The number of hydrogen-bond donors (Lipinski definition) is 1. The van der Waals surface area contributed by atoms with E-state index in [1.807, 2.05) is 27.7 Å². The lowest BCUT2D eigenvalue weighted by molar-refractivity contribution is -0.123. The fraction of sp³-hybridized carbons (Fsp3) is 0.467. The maximum atomic E-state index is 12.0. The Morgan fingerprint density at radius 3 is 2.70 bits per heavy atom. The van der Waals surface area contributed by atoms with E-state index in [-0.39, 0.29) is 18.4 Å². The number of ether oxygens (including phenoxy) is 1. The second-order valence-corrected chi connectivity index (χ2v) is 5.81. The van der Waals surface area contributed by atoms with Crippen LogP contribution in [0.15, 0.2) is 18.2 Å². The van der Waals surface area contributed by atoms with Crippen LogP contribution in [0.3, 0.4) is 0 Å². The van der Waals surface area contributed by atoms with Gasteiger partial charge in [0.1, 0.15) is 5.75 Å². The molecule has 1 aliphatic heterocycles. The van der Waals surface area contributed by atoms with Crippen LogP contribution in [0.4, 0.5) is 11.4 Å². The summed E-state index contributed by atoms with van der Waals surface area (Å²) in [6, 6.07) is 5.34. The molecule has 5 heteroatoms. The summed E-state index contributed by atoms with van der Waals surface area (Å²) in [5.74, 6) is 0.515. The normalized spacial score (nSPS) is 14.6. The van der Waals surface area contributed by atoms with Crippen molar-refractivity contribution in [2.24, 2.45) is 5.41 Å². The van der Waals surface area contributed by atoms with Crippen LogP contribution in [0.2, 0.25) is 0 Å². The molecule has 1 N–H and O–H groups in total. The van der Waals surface area contributed by atoms with Gasteiger partial charge in [-0.25, -0.2) is 0 Å². The first kappa shape index (κ1) is 14.4. The summed E-state index contributed by atoms with van der Waals surface area (Å²) in [6.45, 7) is 8.13. The Morgan fingerprint density at radius 1 is 1.40 bits per heavy atom. The first-order valence-corrected chi connectivity index (χ1v) is 6.71. The van der Waals surface area contributed by atoms with E-state index in [0.29, 0.717) is 18.0 Å². The van der Waals surface area contributed by atoms with E-state index in [2.05, 4.69) is 5.32 Å². The third kappa shape index (κ3) is 2.76. The van der Waals surface area contributed by atoms with E-state index in [1.54, 1.807) is 23.1 Å². The molecule has 0 saturated heterocycles. The number of likely N-dealkylation sites (N-methyl/N-ethyl adjacent to an activating group) is 1. The Kier molecular flexibility index (Phi) is 3.70. The topological polar surface area (TPSA) is 58.6 Å². The molecule has 0 fully saturated rings. The van der Waals surface area contributed by atoms with Crippen LogP contribution in [-0.4, -0.2) is 25.0 Å². The van der Waals surface area contributed by atoms with Crippen molar-refractivity contribution >= 4 is 23.2 Å². The first-order chi connectivity index (χ1) is 9.32. The van der Waals surface area contributed by atoms with Gasteiger partial charge in [0.25, 0.3) is 5.91 Å². The van der Waals surface area contributed by atoms with E-state index < -0.39 is 5.41 Å². The van der Waals surface area contributed by atoms with Crippen molar-refractivity contribution in [1.82, 2.24) is 0 Å². The van der Waals surface area contributed by atoms with Gasteiger partial charge in [0, 0.05) is 23.7 Å². The zero-order valence-electron chi connectivity index (χ0n) is 12.3. The molecule has 0 bridgehead atoms. The number of anilines is 2. The molecule has 1 aliphatic rings. The molecule has 0 unspecified atom stereocenters. The summed E-state index contributed by atoms with van der Waals surface area (Å²) in [4.78, 5) is 25.3. The highest BCUT2D eigenvalue weighted by atomic mass is 16.5. The van der Waals surface area contributed by atoms with E-state index in [4.69, 9.17) is 4.74 Å². The fourth-order valence-electron chi connectivity index (χ4n) is 1.95. The lowest BCUT2D eigenvalue weighted by atomic mass is 9.95. The van der Waals surface area contributed by atoms with Crippen molar-refractivity contribution in [2.45, 2.75) is 27.7 Å². The van der Waals surface area contributed by atoms with Crippen LogP contribution < -0.4 is 15.0 Å². The molecule has 1 aromatic rings. The highest BCUT2D eigenvalue weighted by molar-refractivity contribution is 5.99. The summed E-state index contributed by atoms with van der Waals surface area (Å²) in [5, 5.41) is 2.85. The Balaban J connectivity index is 2.25. The molecule has 1 aromatic carbocycles. The van der Waals surface area contributed by atoms with Gasteiger partial charge in [0.05, 0.1) is 5.69 Å². The number of hydrogen-bond acceptors (Lipinski definition) is 3. The molecule has 0 saturated carbocycles. The number of carbonyl (C=O) groups excluding carboxylic acids is 2. The van der Waals surface area contributed by atoms with Crippen molar-refractivity contribution in [3.8, 4) is 5.75 Å². The number of nitrogens with one attached hydrogen (secondary N) is 1. The van der Waals surface area contributed by atoms with Crippen molar-refractivity contribution < 1.29 is 14.3 Å². The Hall–Kier alpha value is -2.04. The molecule has 1 heterocycles. The molecule has 0 aromatic heterocycles. The predicted molar refractivity (Wildman–Crippen MR) is 78.0 cm³/mol. The number of benzene rings is 1. The summed E-state index contributed by atoms with van der Waals surface area (Å²) in [5.41, 5.74) is 0.967. The van der Waals surface area contributed by atoms with Crippen molar-refractivity contribution in [3.63, 3.8) is 0 Å². The number of rotatable bonds is 2. The summed E-state index contributed by atoms with van der Waals surface area (Å²) >= 11 is 0. The maximum Gasteiger partial charge on any atom is 0.265 e.